The number of H-pyrrole nitrogens is 1. The van der Waals surface area contributed by atoms with E-state index < -0.39 is 6.10 Å². The Morgan fingerprint density at radius 3 is 2.60 bits per heavy atom. The molecule has 1 aromatic carbocycles. The van der Waals surface area contributed by atoms with Crippen LogP contribution in [0.1, 0.15) is 29.8 Å². The van der Waals surface area contributed by atoms with Gasteiger partial charge in [-0.25, -0.2) is 4.39 Å². The third kappa shape index (κ3) is 1.53. The van der Waals surface area contributed by atoms with Crippen LogP contribution in [-0.4, -0.2) is 10.1 Å². The summed E-state index contributed by atoms with van der Waals surface area (Å²) in [5.41, 5.74) is 3.13. The van der Waals surface area contributed by atoms with Crippen molar-refractivity contribution in [2.75, 3.05) is 0 Å². The summed E-state index contributed by atoms with van der Waals surface area (Å²) in [6.45, 7) is 5.49. The van der Waals surface area contributed by atoms with Gasteiger partial charge in [0.1, 0.15) is 5.82 Å². The predicted octanol–water partition coefficient (Wildman–Crippen LogP) is 2.98. The van der Waals surface area contributed by atoms with Crippen molar-refractivity contribution in [1.29, 1.82) is 0 Å². The largest absolute Gasteiger partial charge is 0.389 e. The first-order valence-corrected chi connectivity index (χ1v) is 4.97. The lowest BCUT2D eigenvalue weighted by molar-refractivity contribution is 0.199. The van der Waals surface area contributed by atoms with E-state index >= 15 is 0 Å². The maximum absolute atomic E-state index is 13.7. The molecule has 1 atom stereocenters. The molecule has 0 amide bonds. The molecule has 2 aromatic rings. The van der Waals surface area contributed by atoms with Crippen LogP contribution in [0.25, 0.3) is 10.9 Å². The molecule has 0 fully saturated rings. The van der Waals surface area contributed by atoms with Crippen molar-refractivity contribution in [2.24, 2.45) is 0 Å². The number of aliphatic hydroxyl groups is 1. The number of hydrogen-bond donors (Lipinski definition) is 2. The van der Waals surface area contributed by atoms with E-state index in [9.17, 15) is 9.50 Å². The highest BCUT2D eigenvalue weighted by molar-refractivity contribution is 5.85. The fraction of sp³-hybridized carbons (Fsp3) is 0.333. The van der Waals surface area contributed by atoms with Crippen LogP contribution in [0.4, 0.5) is 4.39 Å². The first-order valence-electron chi connectivity index (χ1n) is 4.97. The van der Waals surface area contributed by atoms with Crippen LogP contribution in [-0.2, 0) is 0 Å². The zero-order chi connectivity index (χ0) is 11.2. The summed E-state index contributed by atoms with van der Waals surface area (Å²) < 4.78 is 13.7. The van der Waals surface area contributed by atoms with E-state index in [-0.39, 0.29) is 5.82 Å². The second kappa shape index (κ2) is 3.35. The van der Waals surface area contributed by atoms with Gasteiger partial charge in [0.25, 0.3) is 0 Å². The summed E-state index contributed by atoms with van der Waals surface area (Å²) in [6, 6.07) is 3.21. The van der Waals surface area contributed by atoms with Gasteiger partial charge in [0.2, 0.25) is 0 Å². The molecule has 0 radical (unpaired) electrons. The predicted molar refractivity (Wildman–Crippen MR) is 58.4 cm³/mol. The Labute approximate surface area is 87.7 Å². The summed E-state index contributed by atoms with van der Waals surface area (Å²) in [5.74, 6) is -0.306. The topological polar surface area (TPSA) is 36.0 Å². The number of benzene rings is 1. The van der Waals surface area contributed by atoms with Crippen molar-refractivity contribution in [2.45, 2.75) is 26.9 Å². The molecule has 1 heterocycles. The lowest BCUT2D eigenvalue weighted by Gasteiger charge is -2.05. The molecule has 1 aromatic heterocycles. The highest BCUT2D eigenvalue weighted by Crippen LogP contribution is 2.27. The van der Waals surface area contributed by atoms with E-state index in [4.69, 9.17) is 0 Å². The Morgan fingerprint density at radius 1 is 1.33 bits per heavy atom. The number of aromatic amines is 1. The Balaban J connectivity index is 2.79. The number of fused-ring (bicyclic) bond motifs is 1. The van der Waals surface area contributed by atoms with Gasteiger partial charge in [0.15, 0.2) is 0 Å². The first-order chi connectivity index (χ1) is 7.00. The van der Waals surface area contributed by atoms with E-state index in [1.54, 1.807) is 6.92 Å². The maximum atomic E-state index is 13.7. The molecule has 15 heavy (non-hydrogen) atoms. The number of aliphatic hydroxyl groups excluding tert-OH is 1. The van der Waals surface area contributed by atoms with Crippen molar-refractivity contribution in [3.05, 3.63) is 34.8 Å². The number of rotatable bonds is 1. The summed E-state index contributed by atoms with van der Waals surface area (Å²) in [7, 11) is 0. The van der Waals surface area contributed by atoms with Gasteiger partial charge in [-0.3, -0.25) is 0 Å². The molecular weight excluding hydrogens is 193 g/mol. The lowest BCUT2D eigenvalue weighted by atomic mass is 10.1. The van der Waals surface area contributed by atoms with Gasteiger partial charge in [0, 0.05) is 11.1 Å². The monoisotopic (exact) mass is 207 g/mol. The van der Waals surface area contributed by atoms with Gasteiger partial charge in [-0.1, -0.05) is 0 Å². The van der Waals surface area contributed by atoms with Gasteiger partial charge in [0.05, 0.1) is 11.6 Å². The Hall–Kier alpha value is -1.35. The molecule has 0 saturated heterocycles. The molecular formula is C12H14FNO. The highest BCUT2D eigenvalue weighted by atomic mass is 19.1. The van der Waals surface area contributed by atoms with Crippen LogP contribution in [0.5, 0.6) is 0 Å². The normalized spacial score (nSPS) is 13.4. The van der Waals surface area contributed by atoms with Crippen molar-refractivity contribution in [3.63, 3.8) is 0 Å². The minimum absolute atomic E-state index is 0.306. The van der Waals surface area contributed by atoms with E-state index in [1.165, 1.54) is 6.07 Å². The number of hydrogen-bond acceptors (Lipinski definition) is 1. The van der Waals surface area contributed by atoms with Gasteiger partial charge in [-0.15, -0.1) is 0 Å². The molecule has 0 aliphatic heterocycles. The molecule has 2 N–H and O–H groups in total. The van der Waals surface area contributed by atoms with Gasteiger partial charge in [-0.05, 0) is 44.0 Å². The molecule has 80 valence electrons. The quantitative estimate of drug-likeness (QED) is 0.741. The van der Waals surface area contributed by atoms with Crippen LogP contribution in [0.15, 0.2) is 12.1 Å². The van der Waals surface area contributed by atoms with E-state index in [0.717, 1.165) is 16.6 Å². The van der Waals surface area contributed by atoms with Gasteiger partial charge >= 0.3 is 0 Å². The van der Waals surface area contributed by atoms with Crippen molar-refractivity contribution >= 4 is 10.9 Å². The van der Waals surface area contributed by atoms with Crippen molar-refractivity contribution < 1.29 is 9.50 Å². The number of halogens is 1. The van der Waals surface area contributed by atoms with Crippen molar-refractivity contribution in [1.82, 2.24) is 4.98 Å². The van der Waals surface area contributed by atoms with Crippen LogP contribution in [0, 0.1) is 19.7 Å². The van der Waals surface area contributed by atoms with Gasteiger partial charge in [-0.2, -0.15) is 0 Å². The molecule has 0 spiro atoms. The Kier molecular flexibility index (Phi) is 2.27. The Bertz CT molecular complexity index is 514. The standard InChI is InChI=1S/C12H14FNO/c1-6-7(2)14-12-10(6)4-9(8(3)15)5-11(12)13/h4-5,8,14-15H,1-3H3. The molecule has 2 rings (SSSR count). The summed E-state index contributed by atoms with van der Waals surface area (Å²) in [6.07, 6.45) is -0.640. The second-order valence-electron chi connectivity index (χ2n) is 3.98. The summed E-state index contributed by atoms with van der Waals surface area (Å²) >= 11 is 0. The second-order valence-corrected chi connectivity index (χ2v) is 3.98. The average Bonchev–Trinajstić information content (AvgIpc) is 2.45. The Morgan fingerprint density at radius 2 is 2.00 bits per heavy atom. The molecule has 0 aliphatic rings. The van der Waals surface area contributed by atoms with E-state index in [1.807, 2.05) is 19.9 Å². The third-order valence-electron chi connectivity index (χ3n) is 2.87. The summed E-state index contributed by atoms with van der Waals surface area (Å²) in [4.78, 5) is 3.00. The van der Waals surface area contributed by atoms with E-state index in [0.29, 0.717) is 11.1 Å². The summed E-state index contributed by atoms with van der Waals surface area (Å²) in [5, 5.41) is 10.3. The SMILES string of the molecule is Cc1[nH]c2c(F)cc(C(C)O)cc2c1C. The lowest BCUT2D eigenvalue weighted by Crippen LogP contribution is -1.92. The molecule has 1 unspecified atom stereocenters. The van der Waals surface area contributed by atoms with E-state index in [2.05, 4.69) is 4.98 Å². The smallest absolute Gasteiger partial charge is 0.147 e. The molecule has 0 saturated carbocycles. The maximum Gasteiger partial charge on any atom is 0.147 e. The molecule has 3 heteroatoms. The molecule has 0 bridgehead atoms. The fourth-order valence-corrected chi connectivity index (χ4v) is 1.77. The van der Waals surface area contributed by atoms with Crippen LogP contribution >= 0.6 is 0 Å². The van der Waals surface area contributed by atoms with Crippen LogP contribution in [0.2, 0.25) is 0 Å². The zero-order valence-electron chi connectivity index (χ0n) is 9.06. The fourth-order valence-electron chi connectivity index (χ4n) is 1.77. The van der Waals surface area contributed by atoms with Gasteiger partial charge < -0.3 is 10.1 Å². The number of aryl methyl sites for hydroxylation is 2. The third-order valence-corrected chi connectivity index (χ3v) is 2.87. The van der Waals surface area contributed by atoms with Crippen LogP contribution < -0.4 is 0 Å². The number of nitrogens with one attached hydrogen (secondary N) is 1. The highest BCUT2D eigenvalue weighted by Gasteiger charge is 2.12. The minimum Gasteiger partial charge on any atom is -0.389 e. The zero-order valence-corrected chi connectivity index (χ0v) is 9.06. The average molecular weight is 207 g/mol. The first kappa shape index (κ1) is 10.2. The molecule has 2 nitrogen and oxygen atoms in total. The molecule has 0 aliphatic carbocycles. The minimum atomic E-state index is -0.640. The van der Waals surface area contributed by atoms with Crippen molar-refractivity contribution in [3.8, 4) is 0 Å². The van der Waals surface area contributed by atoms with Crippen LogP contribution in [0.3, 0.4) is 0 Å². The number of aromatic nitrogens is 1.